The summed E-state index contributed by atoms with van der Waals surface area (Å²) in [7, 11) is 0. The van der Waals surface area contributed by atoms with Crippen molar-refractivity contribution in [2.45, 2.75) is 18.8 Å². The molecule has 3 N–H and O–H groups in total. The molecular weight excluding hydrogens is 122 g/mol. The smallest absolute Gasteiger partial charge is 0.111 e. The predicted octanol–water partition coefficient (Wildman–Crippen LogP) is 0.407. The van der Waals surface area contributed by atoms with E-state index in [1.807, 2.05) is 0 Å². The Kier molecular flexibility index (Phi) is 5.59. The van der Waals surface area contributed by atoms with E-state index in [-0.39, 0.29) is 5.44 Å². The van der Waals surface area contributed by atoms with Crippen molar-refractivity contribution in [2.75, 3.05) is 12.3 Å². The van der Waals surface area contributed by atoms with E-state index in [1.165, 1.54) is 11.8 Å². The van der Waals surface area contributed by atoms with Crippen LogP contribution >= 0.6 is 11.8 Å². The molecule has 0 amide bonds. The molecule has 1 unspecified atom stereocenters. The van der Waals surface area contributed by atoms with E-state index in [0.29, 0.717) is 6.54 Å². The highest BCUT2D eigenvalue weighted by Crippen LogP contribution is 2.06. The highest BCUT2D eigenvalue weighted by Gasteiger charge is 1.96. The highest BCUT2D eigenvalue weighted by atomic mass is 32.2. The Morgan fingerprint density at radius 1 is 1.75 bits per heavy atom. The van der Waals surface area contributed by atoms with Gasteiger partial charge in [-0.15, -0.1) is 11.8 Å². The number of thioether (sulfide) groups is 1. The molecule has 0 spiro atoms. The first-order chi connectivity index (χ1) is 3.81. The van der Waals surface area contributed by atoms with E-state index in [4.69, 9.17) is 10.8 Å². The first-order valence-corrected chi connectivity index (χ1v) is 3.85. The molecule has 0 aliphatic heterocycles. The minimum Gasteiger partial charge on any atom is -0.381 e. The van der Waals surface area contributed by atoms with E-state index in [9.17, 15) is 0 Å². The van der Waals surface area contributed by atoms with E-state index in [1.54, 1.807) is 0 Å². The maximum Gasteiger partial charge on any atom is 0.111 e. The molecular formula is C5H13NOS. The number of aliphatic hydroxyl groups is 1. The van der Waals surface area contributed by atoms with Gasteiger partial charge in [0.15, 0.2) is 0 Å². The summed E-state index contributed by atoms with van der Waals surface area (Å²) in [4.78, 5) is 0. The van der Waals surface area contributed by atoms with E-state index >= 15 is 0 Å². The monoisotopic (exact) mass is 135 g/mol. The van der Waals surface area contributed by atoms with Crippen LogP contribution in [0.15, 0.2) is 0 Å². The molecule has 2 nitrogen and oxygen atoms in total. The van der Waals surface area contributed by atoms with Crippen LogP contribution in [0.1, 0.15) is 13.3 Å². The largest absolute Gasteiger partial charge is 0.381 e. The molecule has 0 saturated carbocycles. The van der Waals surface area contributed by atoms with Crippen molar-refractivity contribution in [3.63, 3.8) is 0 Å². The number of aliphatic hydroxyl groups excluding tert-OH is 1. The van der Waals surface area contributed by atoms with Gasteiger partial charge in [-0.3, -0.25) is 0 Å². The van der Waals surface area contributed by atoms with Crippen LogP contribution in [0.2, 0.25) is 0 Å². The molecule has 0 aromatic carbocycles. The van der Waals surface area contributed by atoms with Gasteiger partial charge >= 0.3 is 0 Å². The van der Waals surface area contributed by atoms with Gasteiger partial charge in [-0.25, -0.2) is 0 Å². The van der Waals surface area contributed by atoms with Gasteiger partial charge in [0.1, 0.15) is 5.44 Å². The van der Waals surface area contributed by atoms with Crippen molar-refractivity contribution in [3.05, 3.63) is 0 Å². The first-order valence-electron chi connectivity index (χ1n) is 2.81. The van der Waals surface area contributed by atoms with Gasteiger partial charge in [-0.1, -0.05) is 6.92 Å². The fraction of sp³-hybridized carbons (Fsp3) is 1.00. The Bertz CT molecular complexity index is 51.7. The summed E-state index contributed by atoms with van der Waals surface area (Å²) in [5.74, 6) is 0.998. The number of nitrogens with two attached hydrogens (primary N) is 1. The van der Waals surface area contributed by atoms with Gasteiger partial charge in [0.05, 0.1) is 0 Å². The van der Waals surface area contributed by atoms with Gasteiger partial charge in [0.2, 0.25) is 0 Å². The second-order valence-electron chi connectivity index (χ2n) is 1.56. The lowest BCUT2D eigenvalue weighted by atomic mass is 10.6. The van der Waals surface area contributed by atoms with Crippen molar-refractivity contribution < 1.29 is 5.11 Å². The number of hydrogen-bond acceptors (Lipinski definition) is 3. The lowest BCUT2D eigenvalue weighted by Gasteiger charge is -2.03. The Balaban J connectivity index is 2.86. The second kappa shape index (κ2) is 5.41. The Labute approximate surface area is 54.5 Å². The third kappa shape index (κ3) is 4.43. The lowest BCUT2D eigenvalue weighted by molar-refractivity contribution is 0.271. The van der Waals surface area contributed by atoms with Crippen LogP contribution in [0, 0.1) is 0 Å². The maximum absolute atomic E-state index is 8.83. The van der Waals surface area contributed by atoms with E-state index in [0.717, 1.165) is 12.2 Å². The van der Waals surface area contributed by atoms with Gasteiger partial charge in [-0.05, 0) is 12.2 Å². The number of rotatable bonds is 4. The molecule has 0 aliphatic carbocycles. The van der Waals surface area contributed by atoms with Gasteiger partial charge < -0.3 is 10.8 Å². The number of hydrogen-bond donors (Lipinski definition) is 2. The van der Waals surface area contributed by atoms with Gasteiger partial charge in [-0.2, -0.15) is 0 Å². The fourth-order valence-corrected chi connectivity index (χ4v) is 0.966. The molecule has 0 radical (unpaired) electrons. The topological polar surface area (TPSA) is 46.2 Å². The Morgan fingerprint density at radius 2 is 2.38 bits per heavy atom. The van der Waals surface area contributed by atoms with Crippen LogP contribution in [0.4, 0.5) is 0 Å². The molecule has 8 heavy (non-hydrogen) atoms. The van der Waals surface area contributed by atoms with Crippen LogP contribution in [-0.4, -0.2) is 22.8 Å². The molecule has 1 atom stereocenters. The highest BCUT2D eigenvalue weighted by molar-refractivity contribution is 7.99. The van der Waals surface area contributed by atoms with Crippen molar-refractivity contribution in [2.24, 2.45) is 5.73 Å². The molecule has 0 saturated heterocycles. The average Bonchev–Trinajstić information content (AvgIpc) is 1.83. The third-order valence-electron chi connectivity index (χ3n) is 0.716. The standard InChI is InChI=1S/C5H13NOS/c1-2-3-8-5(7)4-6/h5,7H,2-4,6H2,1H3. The van der Waals surface area contributed by atoms with Crippen LogP contribution in [0.3, 0.4) is 0 Å². The summed E-state index contributed by atoms with van der Waals surface area (Å²) in [5, 5.41) is 8.83. The summed E-state index contributed by atoms with van der Waals surface area (Å²) in [6, 6.07) is 0. The summed E-state index contributed by atoms with van der Waals surface area (Å²) >= 11 is 1.51. The minimum absolute atomic E-state index is 0.352. The molecule has 0 aromatic heterocycles. The Hall–Kier alpha value is 0.270. The molecule has 50 valence electrons. The molecule has 0 bridgehead atoms. The molecule has 0 aliphatic rings. The zero-order valence-electron chi connectivity index (χ0n) is 5.13. The van der Waals surface area contributed by atoms with E-state index < -0.39 is 0 Å². The third-order valence-corrected chi connectivity index (χ3v) is 1.94. The predicted molar refractivity (Wildman–Crippen MR) is 37.8 cm³/mol. The molecule has 0 fully saturated rings. The summed E-state index contributed by atoms with van der Waals surface area (Å²) in [5.41, 5.74) is 4.79. The Morgan fingerprint density at radius 3 is 2.75 bits per heavy atom. The zero-order chi connectivity index (χ0) is 6.41. The second-order valence-corrected chi connectivity index (χ2v) is 2.85. The molecule has 0 heterocycles. The summed E-state index contributed by atoms with van der Waals surface area (Å²) < 4.78 is 0. The van der Waals surface area contributed by atoms with Gasteiger partial charge in [0, 0.05) is 6.54 Å². The molecule has 0 aromatic rings. The van der Waals surface area contributed by atoms with Crippen molar-refractivity contribution >= 4 is 11.8 Å². The maximum atomic E-state index is 8.83. The normalized spacial score (nSPS) is 13.9. The first kappa shape index (κ1) is 8.27. The van der Waals surface area contributed by atoms with Crippen LogP contribution in [0.25, 0.3) is 0 Å². The summed E-state index contributed by atoms with van der Waals surface area (Å²) in [6.07, 6.45) is 1.10. The van der Waals surface area contributed by atoms with Crippen molar-refractivity contribution in [1.82, 2.24) is 0 Å². The molecule has 3 heteroatoms. The SMILES string of the molecule is CCCSC(O)CN. The summed E-state index contributed by atoms with van der Waals surface area (Å²) in [6.45, 7) is 2.45. The fourth-order valence-electron chi connectivity index (χ4n) is 0.322. The lowest BCUT2D eigenvalue weighted by Crippen LogP contribution is -2.15. The van der Waals surface area contributed by atoms with Gasteiger partial charge in [0.25, 0.3) is 0 Å². The van der Waals surface area contributed by atoms with Crippen molar-refractivity contribution in [3.8, 4) is 0 Å². The van der Waals surface area contributed by atoms with Crippen molar-refractivity contribution in [1.29, 1.82) is 0 Å². The van der Waals surface area contributed by atoms with Crippen LogP contribution < -0.4 is 5.73 Å². The zero-order valence-corrected chi connectivity index (χ0v) is 5.95. The van der Waals surface area contributed by atoms with Crippen LogP contribution in [0.5, 0.6) is 0 Å². The van der Waals surface area contributed by atoms with E-state index in [2.05, 4.69) is 6.92 Å². The average molecular weight is 135 g/mol. The quantitative estimate of drug-likeness (QED) is 0.549. The van der Waals surface area contributed by atoms with Crippen LogP contribution in [-0.2, 0) is 0 Å². The molecule has 0 rings (SSSR count). The minimum atomic E-state index is -0.352.